The number of carbonyl (C=O) groups excluding carboxylic acids is 3. The van der Waals surface area contributed by atoms with Crippen LogP contribution < -0.4 is 30.6 Å². The fourth-order valence-corrected chi connectivity index (χ4v) is 5.65. The molecule has 2 aliphatic rings. The maximum absolute atomic E-state index is 13.3. The Morgan fingerprint density at radius 3 is 1.75 bits per heavy atom. The molecule has 0 atom stereocenters. The molecule has 2 aromatic carbocycles. The second-order valence-electron chi connectivity index (χ2n) is 15.2. The first-order valence-corrected chi connectivity index (χ1v) is 20.2. The molecule has 0 aromatic heterocycles. The van der Waals surface area contributed by atoms with E-state index in [4.69, 9.17) is 42.7 Å². The van der Waals surface area contributed by atoms with Crippen molar-refractivity contribution in [1.82, 2.24) is 15.2 Å². The van der Waals surface area contributed by atoms with E-state index >= 15 is 0 Å². The Bertz CT molecular complexity index is 2200. The van der Waals surface area contributed by atoms with E-state index < -0.39 is 29.8 Å². The van der Waals surface area contributed by atoms with Crippen molar-refractivity contribution in [3.63, 3.8) is 0 Å². The highest BCUT2D eigenvalue weighted by atomic mass is 19.4. The van der Waals surface area contributed by atoms with Gasteiger partial charge < -0.3 is 63.4 Å². The lowest BCUT2D eigenvalue weighted by molar-refractivity contribution is -0.344. The molecule has 1 aliphatic heterocycles. The quantitative estimate of drug-likeness (QED) is 0.0585. The number of hydrogen-bond acceptors (Lipinski definition) is 13. The van der Waals surface area contributed by atoms with Crippen LogP contribution in [0.25, 0.3) is 33.4 Å². The van der Waals surface area contributed by atoms with Gasteiger partial charge in [-0.15, -0.1) is 0 Å². The van der Waals surface area contributed by atoms with Crippen molar-refractivity contribution in [3.05, 3.63) is 71.1 Å². The number of nitrogens with one attached hydrogen (secondary N) is 2. The summed E-state index contributed by atoms with van der Waals surface area (Å²) in [5, 5.41) is 26.2. The van der Waals surface area contributed by atoms with Gasteiger partial charge in [0.25, 0.3) is 5.91 Å². The van der Waals surface area contributed by atoms with Crippen LogP contribution in [0.1, 0.15) is 41.5 Å². The molecule has 20 heteroatoms. The third-order valence-corrected chi connectivity index (χ3v) is 8.67. The number of carbonyl (C=O) groups is 4. The zero-order chi connectivity index (χ0) is 47.5. The third kappa shape index (κ3) is 17.8. The van der Waals surface area contributed by atoms with Crippen LogP contribution in [-0.2, 0) is 33.2 Å². The Hall–Kier alpha value is -5.80. The van der Waals surface area contributed by atoms with Gasteiger partial charge in [0, 0.05) is 67.1 Å². The highest BCUT2D eigenvalue weighted by molar-refractivity contribution is 6.09. The van der Waals surface area contributed by atoms with E-state index in [-0.39, 0.29) is 24.6 Å². The van der Waals surface area contributed by atoms with Crippen LogP contribution >= 0.6 is 0 Å². The number of aliphatic carboxylic acids is 1. The summed E-state index contributed by atoms with van der Waals surface area (Å²) in [7, 11) is 7.75. The molecule has 0 radical (unpaired) electrons. The molecule has 1 heterocycles. The van der Waals surface area contributed by atoms with Gasteiger partial charge in [-0.2, -0.15) is 13.2 Å². The van der Waals surface area contributed by atoms with Gasteiger partial charge >= 0.3 is 18.2 Å². The van der Waals surface area contributed by atoms with E-state index in [1.165, 1.54) is 12.1 Å². The van der Waals surface area contributed by atoms with Crippen LogP contribution in [0.2, 0.25) is 0 Å². The molecule has 64 heavy (non-hydrogen) atoms. The standard InChI is InChI=1S/C42H56N4O11.C2HF3O2/c1-42(2,3)57-41(50)44-15-17-52-19-21-54-23-25-55-24-22-53-20-18-51-16-14-43-39(47)29-8-11-32(40(48)49)35(26-29)38-33-12-9-30(45(4)5)27-36(33)56-37-28-31(46(6)7)10-13-34(37)38;3-2(4,5)1(6)7/h8-13,26-28H,14-25H2,1-7H3,(H2-,43,44,47,48,49,50);(H,6,7). The van der Waals surface area contributed by atoms with Crippen LogP contribution in [-0.4, -0.2) is 148 Å². The summed E-state index contributed by atoms with van der Waals surface area (Å²) in [5.74, 6) is -3.88. The molecule has 0 unspecified atom stereocenters. The second-order valence-corrected chi connectivity index (χ2v) is 15.2. The molecule has 4 rings (SSSR count). The number of benzene rings is 3. The van der Waals surface area contributed by atoms with Crippen molar-refractivity contribution in [3.8, 4) is 22.5 Å². The molecular formula is C44H57F3N4O13. The SMILES string of the molecule is CN(C)c1ccc2c(-c3cc(C(=O)NCCOCCOCCOCCOCCOCCNC(=O)OC(C)(C)C)ccc3C(=O)O)c3ccc(=[N+](C)C)cc-3oc2c1.O=C([O-])C(F)(F)F. The lowest BCUT2D eigenvalue weighted by Gasteiger charge is -2.19. The summed E-state index contributed by atoms with van der Waals surface area (Å²) in [6, 6.07) is 16.2. The van der Waals surface area contributed by atoms with Crippen molar-refractivity contribution >= 4 is 40.6 Å². The van der Waals surface area contributed by atoms with Crippen molar-refractivity contribution in [2.75, 3.05) is 112 Å². The number of aromatic carboxylic acids is 1. The Morgan fingerprint density at radius 2 is 1.27 bits per heavy atom. The molecule has 17 nitrogen and oxygen atoms in total. The van der Waals surface area contributed by atoms with Crippen LogP contribution in [0.5, 0.6) is 0 Å². The summed E-state index contributed by atoms with van der Waals surface area (Å²) in [5.41, 5.74) is 3.17. The zero-order valence-electron chi connectivity index (χ0n) is 37.1. The van der Waals surface area contributed by atoms with E-state index in [0.29, 0.717) is 94.0 Å². The Kier molecular flexibility index (Phi) is 20.9. The number of rotatable bonds is 22. The van der Waals surface area contributed by atoms with Crippen LogP contribution in [0.15, 0.2) is 59.0 Å². The molecule has 0 bridgehead atoms. The van der Waals surface area contributed by atoms with Gasteiger partial charge in [-0.1, -0.05) is 0 Å². The van der Waals surface area contributed by atoms with Crippen molar-refractivity contribution in [2.24, 2.45) is 0 Å². The summed E-state index contributed by atoms with van der Waals surface area (Å²) in [6.07, 6.45) is -5.67. The van der Waals surface area contributed by atoms with E-state index in [1.807, 2.05) is 74.1 Å². The molecule has 1 aliphatic carbocycles. The predicted octanol–water partition coefficient (Wildman–Crippen LogP) is 3.64. The summed E-state index contributed by atoms with van der Waals surface area (Å²) in [6.45, 7) is 9.83. The second kappa shape index (κ2) is 25.5. The van der Waals surface area contributed by atoms with E-state index in [1.54, 1.807) is 26.8 Å². The number of fused-ring (bicyclic) bond motifs is 2. The smallest absolute Gasteiger partial charge is 0.430 e. The van der Waals surface area contributed by atoms with Crippen molar-refractivity contribution in [1.29, 1.82) is 0 Å². The molecule has 0 saturated carbocycles. The number of alkyl carbamates (subject to hydrolysis) is 1. The number of carboxylic acid groups (broad SMARTS) is 2. The first kappa shape index (κ1) is 52.5. The van der Waals surface area contributed by atoms with Gasteiger partial charge in [0.2, 0.25) is 5.36 Å². The summed E-state index contributed by atoms with van der Waals surface area (Å²) in [4.78, 5) is 48.1. The number of amides is 2. The minimum Gasteiger partial charge on any atom is -0.542 e. The molecular weight excluding hydrogens is 849 g/mol. The third-order valence-electron chi connectivity index (χ3n) is 8.67. The fraction of sp³-hybridized carbons (Fsp3) is 0.477. The lowest BCUT2D eigenvalue weighted by Crippen LogP contribution is -2.37. The number of hydrogen-bond donors (Lipinski definition) is 3. The average Bonchev–Trinajstić information content (AvgIpc) is 3.21. The minimum atomic E-state index is -5.19. The number of ether oxygens (including phenoxy) is 6. The van der Waals surface area contributed by atoms with Gasteiger partial charge in [-0.3, -0.25) is 4.79 Å². The maximum atomic E-state index is 13.3. The fourth-order valence-electron chi connectivity index (χ4n) is 5.65. The number of alkyl halides is 3. The van der Waals surface area contributed by atoms with Gasteiger partial charge in [0.1, 0.15) is 37.0 Å². The number of nitrogens with zero attached hydrogens (tertiary/aromatic N) is 2. The molecule has 0 fully saturated rings. The maximum Gasteiger partial charge on any atom is 0.430 e. The number of halogens is 3. The number of carboxylic acids is 2. The average molecular weight is 907 g/mol. The topological polar surface area (TPSA) is 210 Å². The first-order valence-electron chi connectivity index (χ1n) is 20.2. The molecule has 2 aromatic rings. The lowest BCUT2D eigenvalue weighted by atomic mass is 9.89. The zero-order valence-corrected chi connectivity index (χ0v) is 37.1. The first-order chi connectivity index (χ1) is 30.2. The van der Waals surface area contributed by atoms with Crippen LogP contribution in [0, 0.1) is 0 Å². The molecule has 0 saturated heterocycles. The minimum absolute atomic E-state index is 0.0700. The van der Waals surface area contributed by atoms with E-state index in [9.17, 15) is 32.7 Å². The Labute approximate surface area is 369 Å². The molecule has 2 amide bonds. The van der Waals surface area contributed by atoms with E-state index in [0.717, 1.165) is 22.0 Å². The van der Waals surface area contributed by atoms with Gasteiger partial charge in [-0.05, 0) is 62.7 Å². The van der Waals surface area contributed by atoms with Crippen molar-refractivity contribution < 1.29 is 75.4 Å². The van der Waals surface area contributed by atoms with Crippen LogP contribution in [0.4, 0.5) is 23.7 Å². The summed E-state index contributed by atoms with van der Waals surface area (Å²) < 4.78 is 72.6. The molecule has 0 spiro atoms. The van der Waals surface area contributed by atoms with E-state index in [2.05, 4.69) is 10.6 Å². The molecule has 3 N–H and O–H groups in total. The van der Waals surface area contributed by atoms with Gasteiger partial charge in [-0.25, -0.2) is 14.2 Å². The predicted molar refractivity (Wildman–Crippen MR) is 228 cm³/mol. The monoisotopic (exact) mass is 906 g/mol. The van der Waals surface area contributed by atoms with Gasteiger partial charge in [0.05, 0.1) is 77.7 Å². The van der Waals surface area contributed by atoms with Gasteiger partial charge in [0.15, 0.2) is 0 Å². The Morgan fingerprint density at radius 1 is 0.734 bits per heavy atom. The largest absolute Gasteiger partial charge is 0.542 e. The van der Waals surface area contributed by atoms with Crippen LogP contribution in [0.3, 0.4) is 0 Å². The highest BCUT2D eigenvalue weighted by Gasteiger charge is 2.29. The van der Waals surface area contributed by atoms with Crippen molar-refractivity contribution in [2.45, 2.75) is 32.5 Å². The molecule has 352 valence electrons. The normalized spacial score (nSPS) is 11.5. The highest BCUT2D eigenvalue weighted by Crippen LogP contribution is 2.42. The Balaban J connectivity index is 0.00000143. The number of anilines is 1. The summed E-state index contributed by atoms with van der Waals surface area (Å²) >= 11 is 0.